The summed E-state index contributed by atoms with van der Waals surface area (Å²) in [5.41, 5.74) is 0.969. The van der Waals surface area contributed by atoms with Crippen molar-refractivity contribution in [2.75, 3.05) is 6.61 Å². The molecular formula is C16H26ClN3OSi. The molecule has 0 aliphatic carbocycles. The molecule has 2 rings (SSSR count). The second-order valence-electron chi connectivity index (χ2n) is 7.42. The van der Waals surface area contributed by atoms with Gasteiger partial charge in [-0.15, -0.1) is 0 Å². The van der Waals surface area contributed by atoms with Crippen molar-refractivity contribution in [2.45, 2.75) is 58.2 Å². The molecule has 22 heavy (non-hydrogen) atoms. The van der Waals surface area contributed by atoms with Crippen molar-refractivity contribution in [3.05, 3.63) is 29.6 Å². The molecule has 0 N–H and O–H groups in total. The monoisotopic (exact) mass is 339 g/mol. The Morgan fingerprint density at radius 2 is 1.91 bits per heavy atom. The maximum absolute atomic E-state index is 6.26. The molecule has 0 bridgehead atoms. The van der Waals surface area contributed by atoms with Crippen molar-refractivity contribution in [1.82, 2.24) is 14.4 Å². The molecule has 2 aromatic heterocycles. The van der Waals surface area contributed by atoms with Gasteiger partial charge in [-0.1, -0.05) is 39.3 Å². The molecule has 0 aromatic carbocycles. The Morgan fingerprint density at radius 3 is 2.55 bits per heavy atom. The van der Waals surface area contributed by atoms with Gasteiger partial charge >= 0.3 is 0 Å². The number of aromatic nitrogens is 3. The zero-order valence-corrected chi connectivity index (χ0v) is 16.1. The lowest BCUT2D eigenvalue weighted by atomic mass is 10.1. The lowest BCUT2D eigenvalue weighted by Gasteiger charge is -2.36. The second-order valence-corrected chi connectivity index (χ2v) is 12.6. The minimum absolute atomic E-state index is 0.245. The van der Waals surface area contributed by atoms with Gasteiger partial charge in [0.1, 0.15) is 11.0 Å². The molecule has 0 aliphatic heterocycles. The number of nitrogens with zero attached hydrogens (tertiary/aromatic N) is 3. The average Bonchev–Trinajstić information content (AvgIpc) is 2.79. The van der Waals surface area contributed by atoms with Crippen LogP contribution in [-0.4, -0.2) is 29.3 Å². The highest BCUT2D eigenvalue weighted by Gasteiger charge is 2.37. The van der Waals surface area contributed by atoms with Crippen molar-refractivity contribution in [2.24, 2.45) is 0 Å². The Hall–Kier alpha value is -0.913. The van der Waals surface area contributed by atoms with E-state index in [4.69, 9.17) is 16.0 Å². The highest BCUT2D eigenvalue weighted by atomic mass is 35.5. The van der Waals surface area contributed by atoms with E-state index < -0.39 is 8.32 Å². The first-order valence-corrected chi connectivity index (χ1v) is 11.0. The van der Waals surface area contributed by atoms with E-state index >= 15 is 0 Å². The predicted octanol–water partition coefficient (Wildman–Crippen LogP) is 4.90. The molecule has 0 radical (unpaired) electrons. The van der Waals surface area contributed by atoms with Gasteiger partial charge in [0.05, 0.1) is 17.9 Å². The molecule has 6 heteroatoms. The molecule has 1 atom stereocenters. The zero-order chi connectivity index (χ0) is 16.5. The predicted molar refractivity (Wildman–Crippen MR) is 94.2 cm³/mol. The lowest BCUT2D eigenvalue weighted by molar-refractivity contribution is 0.272. The Labute approximate surface area is 139 Å². The maximum Gasteiger partial charge on any atom is 0.191 e. The minimum Gasteiger partial charge on any atom is -0.417 e. The third-order valence-corrected chi connectivity index (χ3v) is 9.40. The summed E-state index contributed by atoms with van der Waals surface area (Å²) in [5, 5.41) is 0.728. The van der Waals surface area contributed by atoms with Crippen LogP contribution in [0.5, 0.6) is 0 Å². The number of halogens is 1. The number of hydrogen-bond donors (Lipinski definition) is 0. The van der Waals surface area contributed by atoms with Crippen molar-refractivity contribution in [1.29, 1.82) is 0 Å². The van der Waals surface area contributed by atoms with Crippen molar-refractivity contribution >= 4 is 25.4 Å². The van der Waals surface area contributed by atoms with E-state index in [2.05, 4.69) is 50.8 Å². The Balaban J connectivity index is 2.03. The molecule has 4 nitrogen and oxygen atoms in total. The summed E-state index contributed by atoms with van der Waals surface area (Å²) in [6.45, 7) is 14.3. The quantitative estimate of drug-likeness (QED) is 0.727. The van der Waals surface area contributed by atoms with Gasteiger partial charge < -0.3 is 4.43 Å². The summed E-state index contributed by atoms with van der Waals surface area (Å²) in [7, 11) is -1.68. The van der Waals surface area contributed by atoms with Crippen LogP contribution in [-0.2, 0) is 4.43 Å². The van der Waals surface area contributed by atoms with Crippen molar-refractivity contribution in [3.63, 3.8) is 0 Å². The van der Waals surface area contributed by atoms with Crippen LogP contribution < -0.4 is 0 Å². The fourth-order valence-corrected chi connectivity index (χ4v) is 3.30. The number of hydrogen-bond acceptors (Lipinski definition) is 3. The molecule has 0 unspecified atom stereocenters. The molecule has 0 aliphatic rings. The molecule has 0 spiro atoms. The van der Waals surface area contributed by atoms with E-state index in [-0.39, 0.29) is 5.04 Å². The molecule has 122 valence electrons. The van der Waals surface area contributed by atoms with Gasteiger partial charge in [-0.05, 0) is 24.6 Å². The van der Waals surface area contributed by atoms with Crippen LogP contribution in [0.3, 0.4) is 0 Å². The van der Waals surface area contributed by atoms with Crippen LogP contribution in [0.2, 0.25) is 23.3 Å². The second kappa shape index (κ2) is 6.30. The summed E-state index contributed by atoms with van der Waals surface area (Å²) < 4.78 is 8.28. The van der Waals surface area contributed by atoms with Gasteiger partial charge in [0.15, 0.2) is 8.32 Å². The van der Waals surface area contributed by atoms with Gasteiger partial charge in [-0.25, -0.2) is 9.97 Å². The number of imidazole rings is 1. The van der Waals surface area contributed by atoms with Crippen LogP contribution in [0.15, 0.2) is 18.6 Å². The van der Waals surface area contributed by atoms with Gasteiger partial charge in [0.25, 0.3) is 0 Å². The van der Waals surface area contributed by atoms with Gasteiger partial charge in [-0.2, -0.15) is 0 Å². The molecule has 0 amide bonds. The van der Waals surface area contributed by atoms with Crippen LogP contribution in [0, 0.1) is 0 Å². The summed E-state index contributed by atoms with van der Waals surface area (Å²) in [6, 6.07) is 0. The largest absolute Gasteiger partial charge is 0.417 e. The fourth-order valence-electron chi connectivity index (χ4n) is 2.09. The number of fused-ring (bicyclic) bond motifs is 1. The minimum atomic E-state index is -1.68. The van der Waals surface area contributed by atoms with E-state index in [0.717, 1.165) is 24.4 Å². The maximum atomic E-state index is 6.26. The molecule has 0 fully saturated rings. The molecule has 2 aromatic rings. The zero-order valence-electron chi connectivity index (χ0n) is 14.4. The summed E-state index contributed by atoms with van der Waals surface area (Å²) >= 11 is 5.99. The van der Waals surface area contributed by atoms with E-state index in [1.165, 1.54) is 0 Å². The van der Waals surface area contributed by atoms with Gasteiger partial charge in [-0.3, -0.25) is 4.40 Å². The highest BCUT2D eigenvalue weighted by molar-refractivity contribution is 6.74. The summed E-state index contributed by atoms with van der Waals surface area (Å²) in [4.78, 5) is 8.61. The Morgan fingerprint density at radius 1 is 1.27 bits per heavy atom. The first kappa shape index (κ1) is 17.4. The first-order chi connectivity index (χ1) is 10.1. The standard InChI is InChI=1S/C16H26ClN3OSi/c1-12(7-8-21-22(5,6)16(2,3)4)15-19-10-13-9-18-14(17)11-20(13)15/h9-12H,7-8H2,1-6H3/t12-/m0/s1. The highest BCUT2D eigenvalue weighted by Crippen LogP contribution is 2.36. The normalized spacial score (nSPS) is 14.5. The van der Waals surface area contributed by atoms with Gasteiger partial charge in [0.2, 0.25) is 0 Å². The van der Waals surface area contributed by atoms with Crippen LogP contribution in [0.25, 0.3) is 5.52 Å². The van der Waals surface area contributed by atoms with E-state index in [1.807, 2.05) is 16.8 Å². The van der Waals surface area contributed by atoms with Crippen molar-refractivity contribution in [3.8, 4) is 0 Å². The summed E-state index contributed by atoms with van der Waals surface area (Å²) in [5.74, 6) is 1.32. The van der Waals surface area contributed by atoms with Crippen LogP contribution >= 0.6 is 11.6 Å². The third-order valence-electron chi connectivity index (χ3n) is 4.67. The SMILES string of the molecule is C[C@@H](CCO[Si](C)(C)C(C)(C)C)c1ncc2cnc(Cl)cn12. The third kappa shape index (κ3) is 3.70. The fraction of sp³-hybridized carbons (Fsp3) is 0.625. The Bertz CT molecular complexity index is 648. The van der Waals surface area contributed by atoms with E-state index in [0.29, 0.717) is 11.1 Å². The molecule has 0 saturated heterocycles. The number of rotatable bonds is 5. The Kier molecular flexibility index (Phi) is 4.99. The summed E-state index contributed by atoms with van der Waals surface area (Å²) in [6.07, 6.45) is 6.36. The van der Waals surface area contributed by atoms with Crippen molar-refractivity contribution < 1.29 is 4.43 Å². The smallest absolute Gasteiger partial charge is 0.191 e. The van der Waals surface area contributed by atoms with Gasteiger partial charge in [0, 0.05) is 18.7 Å². The molecule has 0 saturated carbocycles. The topological polar surface area (TPSA) is 39.4 Å². The average molecular weight is 340 g/mol. The molecular weight excluding hydrogens is 314 g/mol. The lowest BCUT2D eigenvalue weighted by Crippen LogP contribution is -2.41. The van der Waals surface area contributed by atoms with E-state index in [1.54, 1.807) is 6.20 Å². The van der Waals surface area contributed by atoms with Crippen LogP contribution in [0.4, 0.5) is 0 Å². The first-order valence-electron chi connectivity index (χ1n) is 7.74. The van der Waals surface area contributed by atoms with Crippen LogP contribution in [0.1, 0.15) is 45.9 Å². The van der Waals surface area contributed by atoms with E-state index in [9.17, 15) is 0 Å². The molecule has 2 heterocycles.